The summed E-state index contributed by atoms with van der Waals surface area (Å²) >= 11 is 0. The molecule has 0 amide bonds. The van der Waals surface area contributed by atoms with E-state index in [0.717, 1.165) is 24.7 Å². The Labute approximate surface area is 178 Å². The van der Waals surface area contributed by atoms with E-state index < -0.39 is 0 Å². The number of nitrogens with one attached hydrogen (secondary N) is 2. The lowest BCUT2D eigenvalue weighted by Gasteiger charge is -2.22. The Morgan fingerprint density at radius 1 is 1.07 bits per heavy atom. The summed E-state index contributed by atoms with van der Waals surface area (Å²) in [5.41, 5.74) is 4.83. The van der Waals surface area contributed by atoms with Crippen molar-refractivity contribution in [2.75, 3.05) is 25.0 Å². The molecule has 0 radical (unpaired) electrons. The third kappa shape index (κ3) is 4.82. The number of rotatable bonds is 6. The van der Waals surface area contributed by atoms with Crippen molar-refractivity contribution in [3.05, 3.63) is 78.1 Å². The van der Waals surface area contributed by atoms with Crippen molar-refractivity contribution >= 4 is 11.6 Å². The summed E-state index contributed by atoms with van der Waals surface area (Å²) in [5.74, 6) is 0.797. The van der Waals surface area contributed by atoms with Gasteiger partial charge in [0.05, 0.1) is 11.7 Å². The van der Waals surface area contributed by atoms with Crippen molar-refractivity contribution < 1.29 is 0 Å². The van der Waals surface area contributed by atoms with Crippen LogP contribution in [-0.4, -0.2) is 35.9 Å². The molecule has 1 aliphatic heterocycles. The molecule has 1 aliphatic rings. The quantitative estimate of drug-likeness (QED) is 0.485. The molecule has 2 N–H and O–H groups in total. The Morgan fingerprint density at radius 3 is 2.57 bits per heavy atom. The lowest BCUT2D eigenvalue weighted by Crippen LogP contribution is -2.38. The Hall–Kier alpha value is -3.28. The summed E-state index contributed by atoms with van der Waals surface area (Å²) in [6, 6.07) is 19.3. The highest BCUT2D eigenvalue weighted by Gasteiger charge is 2.14. The van der Waals surface area contributed by atoms with Crippen LogP contribution >= 0.6 is 0 Å². The molecule has 2 heterocycles. The minimum absolute atomic E-state index is 0.168. The number of aromatic nitrogens is 2. The normalized spacial score (nSPS) is 15.3. The van der Waals surface area contributed by atoms with E-state index in [4.69, 9.17) is 0 Å². The predicted octanol–water partition coefficient (Wildman–Crippen LogP) is 3.90. The second-order valence-corrected chi connectivity index (χ2v) is 7.70. The maximum atomic E-state index is 4.40. The van der Waals surface area contributed by atoms with Crippen molar-refractivity contribution in [2.24, 2.45) is 4.99 Å². The molecule has 30 heavy (non-hydrogen) atoms. The minimum Gasteiger partial charge on any atom is -0.372 e. The monoisotopic (exact) mass is 402 g/mol. The molecule has 0 spiro atoms. The Balaban J connectivity index is 1.34. The van der Waals surface area contributed by atoms with Gasteiger partial charge in [0.25, 0.3) is 0 Å². The lowest BCUT2D eigenvalue weighted by atomic mass is 10.1. The third-order valence-electron chi connectivity index (χ3n) is 5.58. The SMILES string of the molecule is CN=C(NCc1ccc(-n2cccn2)cc1)NC(C)c1cccc(N2CCCC2)c1. The van der Waals surface area contributed by atoms with Crippen LogP contribution in [0.1, 0.15) is 36.9 Å². The van der Waals surface area contributed by atoms with E-state index in [-0.39, 0.29) is 6.04 Å². The zero-order valence-corrected chi connectivity index (χ0v) is 17.8. The summed E-state index contributed by atoms with van der Waals surface area (Å²) in [5, 5.41) is 11.2. The average Bonchev–Trinajstić information content (AvgIpc) is 3.51. The van der Waals surface area contributed by atoms with Crippen molar-refractivity contribution in [1.82, 2.24) is 20.4 Å². The zero-order chi connectivity index (χ0) is 20.8. The molecule has 0 bridgehead atoms. The molecule has 1 atom stereocenters. The first-order chi connectivity index (χ1) is 14.7. The summed E-state index contributed by atoms with van der Waals surface area (Å²) in [4.78, 5) is 6.87. The molecular weight excluding hydrogens is 372 g/mol. The second-order valence-electron chi connectivity index (χ2n) is 7.70. The van der Waals surface area contributed by atoms with Gasteiger partial charge >= 0.3 is 0 Å². The van der Waals surface area contributed by atoms with Crippen LogP contribution in [0.15, 0.2) is 72.0 Å². The van der Waals surface area contributed by atoms with E-state index in [0.29, 0.717) is 6.54 Å². The van der Waals surface area contributed by atoms with Gasteiger partial charge in [0.1, 0.15) is 0 Å². The van der Waals surface area contributed by atoms with Crippen molar-refractivity contribution in [3.63, 3.8) is 0 Å². The summed E-state index contributed by atoms with van der Waals surface area (Å²) in [6.45, 7) is 5.20. The first-order valence-electron chi connectivity index (χ1n) is 10.6. The summed E-state index contributed by atoms with van der Waals surface area (Å²) in [6.07, 6.45) is 6.31. The van der Waals surface area contributed by atoms with Crippen molar-refractivity contribution in [2.45, 2.75) is 32.4 Å². The molecular formula is C24H30N6. The maximum absolute atomic E-state index is 4.40. The first kappa shape index (κ1) is 20.0. The van der Waals surface area contributed by atoms with E-state index in [1.165, 1.54) is 29.7 Å². The Bertz CT molecular complexity index is 956. The summed E-state index contributed by atoms with van der Waals surface area (Å²) in [7, 11) is 1.81. The van der Waals surface area contributed by atoms with Crippen LogP contribution in [0, 0.1) is 0 Å². The van der Waals surface area contributed by atoms with Crippen LogP contribution in [0.2, 0.25) is 0 Å². The van der Waals surface area contributed by atoms with Gasteiger partial charge in [-0.1, -0.05) is 24.3 Å². The molecule has 0 aliphatic carbocycles. The molecule has 0 saturated carbocycles. The molecule has 1 saturated heterocycles. The molecule has 156 valence electrons. The summed E-state index contributed by atoms with van der Waals surface area (Å²) < 4.78 is 1.86. The van der Waals surface area contributed by atoms with Crippen LogP contribution in [0.5, 0.6) is 0 Å². The highest BCUT2D eigenvalue weighted by molar-refractivity contribution is 5.80. The largest absolute Gasteiger partial charge is 0.372 e. The molecule has 6 heteroatoms. The van der Waals surface area contributed by atoms with Crippen LogP contribution in [0.4, 0.5) is 5.69 Å². The Kier molecular flexibility index (Phi) is 6.32. The molecule has 6 nitrogen and oxygen atoms in total. The number of benzene rings is 2. The van der Waals surface area contributed by atoms with E-state index in [9.17, 15) is 0 Å². The average molecular weight is 403 g/mol. The van der Waals surface area contributed by atoms with E-state index in [1.807, 2.05) is 24.0 Å². The standard InChI is InChI=1S/C24H30N6/c1-19(21-7-5-8-23(17-21)29-14-3-4-15-29)28-24(25-2)26-18-20-9-11-22(12-10-20)30-16-6-13-27-30/h5-13,16-17,19H,3-4,14-15,18H2,1-2H3,(H2,25,26,28). The van der Waals surface area contributed by atoms with Gasteiger partial charge < -0.3 is 15.5 Å². The number of aliphatic imine (C=N–C) groups is 1. The van der Waals surface area contributed by atoms with Gasteiger partial charge in [-0.15, -0.1) is 0 Å². The molecule has 1 unspecified atom stereocenters. The van der Waals surface area contributed by atoms with Crippen LogP contribution in [0.25, 0.3) is 5.69 Å². The molecule has 4 rings (SSSR count). The van der Waals surface area contributed by atoms with Crippen LogP contribution in [0.3, 0.4) is 0 Å². The number of anilines is 1. The Morgan fingerprint density at radius 2 is 1.87 bits per heavy atom. The molecule has 2 aromatic carbocycles. The highest BCUT2D eigenvalue weighted by Crippen LogP contribution is 2.24. The van der Waals surface area contributed by atoms with Crippen LogP contribution < -0.4 is 15.5 Å². The first-order valence-corrected chi connectivity index (χ1v) is 10.6. The number of hydrogen-bond donors (Lipinski definition) is 2. The van der Waals surface area contributed by atoms with Gasteiger partial charge in [0.2, 0.25) is 0 Å². The van der Waals surface area contributed by atoms with Gasteiger partial charge in [-0.05, 0) is 61.2 Å². The predicted molar refractivity (Wildman–Crippen MR) is 123 cm³/mol. The van der Waals surface area contributed by atoms with Gasteiger partial charge in [-0.3, -0.25) is 4.99 Å². The van der Waals surface area contributed by atoms with E-state index >= 15 is 0 Å². The zero-order valence-electron chi connectivity index (χ0n) is 17.8. The third-order valence-corrected chi connectivity index (χ3v) is 5.58. The van der Waals surface area contributed by atoms with Crippen molar-refractivity contribution in [1.29, 1.82) is 0 Å². The van der Waals surface area contributed by atoms with Gasteiger partial charge in [-0.25, -0.2) is 4.68 Å². The number of guanidine groups is 1. The fourth-order valence-corrected chi connectivity index (χ4v) is 3.82. The number of nitrogens with zero attached hydrogens (tertiary/aromatic N) is 4. The number of hydrogen-bond acceptors (Lipinski definition) is 3. The van der Waals surface area contributed by atoms with Crippen LogP contribution in [-0.2, 0) is 6.54 Å². The fraction of sp³-hybridized carbons (Fsp3) is 0.333. The second kappa shape index (κ2) is 9.48. The van der Waals surface area contributed by atoms with Gasteiger partial charge in [0.15, 0.2) is 5.96 Å². The maximum Gasteiger partial charge on any atom is 0.191 e. The molecule has 1 aromatic heterocycles. The van der Waals surface area contributed by atoms with E-state index in [1.54, 1.807) is 6.20 Å². The fourth-order valence-electron chi connectivity index (χ4n) is 3.82. The lowest BCUT2D eigenvalue weighted by molar-refractivity contribution is 0.685. The highest BCUT2D eigenvalue weighted by atomic mass is 15.3. The van der Waals surface area contributed by atoms with Crippen molar-refractivity contribution in [3.8, 4) is 5.69 Å². The van der Waals surface area contributed by atoms with Gasteiger partial charge in [0, 0.05) is 44.8 Å². The topological polar surface area (TPSA) is 57.5 Å². The van der Waals surface area contributed by atoms with E-state index in [2.05, 4.69) is 81.1 Å². The molecule has 1 fully saturated rings. The van der Waals surface area contributed by atoms with Gasteiger partial charge in [-0.2, -0.15) is 5.10 Å². The smallest absolute Gasteiger partial charge is 0.191 e. The molecule has 3 aromatic rings. The minimum atomic E-state index is 0.168.